The second-order valence-electron chi connectivity index (χ2n) is 5.32. The number of hydrogen-bond donors (Lipinski definition) is 3. The lowest BCUT2D eigenvalue weighted by Gasteiger charge is -2.37. The van der Waals surface area contributed by atoms with E-state index >= 15 is 0 Å². The topological polar surface area (TPSA) is 55.7 Å². The lowest BCUT2D eigenvalue weighted by atomic mass is 9.76. The molecule has 3 N–H and O–H groups in total. The molecular formula is C13H18BClN2O2. The van der Waals surface area contributed by atoms with Crippen LogP contribution in [0.15, 0.2) is 12.1 Å². The van der Waals surface area contributed by atoms with Crippen molar-refractivity contribution in [3.05, 3.63) is 22.7 Å². The lowest BCUT2D eigenvalue weighted by molar-refractivity contribution is 0.425. The minimum absolute atomic E-state index is 0.442. The van der Waals surface area contributed by atoms with Crippen LogP contribution in [0.1, 0.15) is 18.4 Å². The average Bonchev–Trinajstić information content (AvgIpc) is 2.90. The maximum absolute atomic E-state index is 9.62. The van der Waals surface area contributed by atoms with Gasteiger partial charge in [-0.3, -0.25) is 0 Å². The van der Waals surface area contributed by atoms with Gasteiger partial charge in [0.05, 0.1) is 0 Å². The van der Waals surface area contributed by atoms with Gasteiger partial charge in [-0.15, -0.1) is 0 Å². The molecule has 1 fully saturated rings. The van der Waals surface area contributed by atoms with E-state index in [1.807, 2.05) is 6.07 Å². The molecule has 1 atom stereocenters. The largest absolute Gasteiger partial charge is 0.490 e. The van der Waals surface area contributed by atoms with E-state index in [1.165, 1.54) is 0 Å². The number of benzene rings is 1. The summed E-state index contributed by atoms with van der Waals surface area (Å²) in [6.45, 7) is 2.96. The Morgan fingerprint density at radius 1 is 1.37 bits per heavy atom. The molecule has 2 heterocycles. The molecule has 102 valence electrons. The van der Waals surface area contributed by atoms with E-state index in [9.17, 15) is 10.0 Å². The van der Waals surface area contributed by atoms with Gasteiger partial charge < -0.3 is 20.3 Å². The van der Waals surface area contributed by atoms with Crippen LogP contribution in [0.25, 0.3) is 0 Å². The van der Waals surface area contributed by atoms with E-state index in [2.05, 4.69) is 10.2 Å². The van der Waals surface area contributed by atoms with Gasteiger partial charge in [-0.2, -0.15) is 0 Å². The monoisotopic (exact) mass is 280 g/mol. The maximum Gasteiger partial charge on any atom is 0.490 e. The quantitative estimate of drug-likeness (QED) is 0.674. The van der Waals surface area contributed by atoms with E-state index < -0.39 is 7.12 Å². The van der Waals surface area contributed by atoms with Gasteiger partial charge in [-0.25, -0.2) is 0 Å². The minimum Gasteiger partial charge on any atom is -0.423 e. The summed E-state index contributed by atoms with van der Waals surface area (Å²) >= 11 is 6.08. The average molecular weight is 281 g/mol. The molecule has 1 aromatic rings. The number of hydrogen-bond acceptors (Lipinski definition) is 4. The standard InChI is InChI=1S/C13H18BClN2O2/c15-10-6-9-2-1-5-17(11-3-4-16-8-11)13(9)12(7-10)14(18)19/h6-7,11,16,18-19H,1-5,8H2. The smallest absolute Gasteiger partial charge is 0.423 e. The summed E-state index contributed by atoms with van der Waals surface area (Å²) in [7, 11) is -1.47. The molecule has 19 heavy (non-hydrogen) atoms. The summed E-state index contributed by atoms with van der Waals surface area (Å²) < 4.78 is 0. The second-order valence-corrected chi connectivity index (χ2v) is 5.76. The first-order valence-corrected chi connectivity index (χ1v) is 7.20. The van der Waals surface area contributed by atoms with Crippen molar-refractivity contribution in [3.8, 4) is 0 Å². The number of fused-ring (bicyclic) bond motifs is 1. The first-order chi connectivity index (χ1) is 9.16. The second kappa shape index (κ2) is 5.33. The zero-order chi connectivity index (χ0) is 13.4. The molecule has 0 spiro atoms. The zero-order valence-corrected chi connectivity index (χ0v) is 11.5. The molecule has 1 saturated heterocycles. The van der Waals surface area contributed by atoms with Crippen LogP contribution in [0.5, 0.6) is 0 Å². The summed E-state index contributed by atoms with van der Waals surface area (Å²) in [6.07, 6.45) is 3.14. The van der Waals surface area contributed by atoms with Crippen molar-refractivity contribution in [1.82, 2.24) is 5.32 Å². The summed E-state index contributed by atoms with van der Waals surface area (Å²) in [6, 6.07) is 4.07. The van der Waals surface area contributed by atoms with Crippen molar-refractivity contribution < 1.29 is 10.0 Å². The summed E-state index contributed by atoms with van der Waals surface area (Å²) in [5, 5.41) is 23.2. The molecule has 2 aliphatic heterocycles. The fourth-order valence-corrected chi connectivity index (χ4v) is 3.49. The van der Waals surface area contributed by atoms with Gasteiger partial charge in [0.15, 0.2) is 0 Å². The van der Waals surface area contributed by atoms with Crippen molar-refractivity contribution in [2.24, 2.45) is 0 Å². The van der Waals surface area contributed by atoms with Crippen LogP contribution in [0.3, 0.4) is 0 Å². The molecule has 0 aromatic heterocycles. The van der Waals surface area contributed by atoms with Gasteiger partial charge in [-0.1, -0.05) is 11.6 Å². The normalized spacial score (nSPS) is 22.5. The first-order valence-electron chi connectivity index (χ1n) is 6.82. The van der Waals surface area contributed by atoms with E-state index in [1.54, 1.807) is 6.07 Å². The summed E-state index contributed by atoms with van der Waals surface area (Å²) in [5.41, 5.74) is 2.65. The van der Waals surface area contributed by atoms with Crippen LogP contribution in [-0.4, -0.2) is 42.8 Å². The van der Waals surface area contributed by atoms with Crippen LogP contribution >= 0.6 is 11.6 Å². The number of anilines is 1. The third kappa shape index (κ3) is 2.48. The zero-order valence-electron chi connectivity index (χ0n) is 10.8. The molecule has 1 aromatic carbocycles. The predicted molar refractivity (Wildman–Crippen MR) is 78.2 cm³/mol. The fraction of sp³-hybridized carbons (Fsp3) is 0.538. The van der Waals surface area contributed by atoms with Gasteiger partial charge in [0.25, 0.3) is 0 Å². The van der Waals surface area contributed by atoms with Crippen LogP contribution in [0, 0.1) is 0 Å². The predicted octanol–water partition coefficient (Wildman–Crippen LogP) is 0.134. The Morgan fingerprint density at radius 3 is 2.89 bits per heavy atom. The van der Waals surface area contributed by atoms with Gasteiger partial charge >= 0.3 is 7.12 Å². The first kappa shape index (κ1) is 13.2. The molecule has 0 radical (unpaired) electrons. The number of rotatable bonds is 2. The van der Waals surface area contributed by atoms with Crippen LogP contribution in [-0.2, 0) is 6.42 Å². The molecule has 3 rings (SSSR count). The van der Waals surface area contributed by atoms with Crippen LogP contribution in [0.4, 0.5) is 5.69 Å². The Balaban J connectivity index is 2.05. The van der Waals surface area contributed by atoms with E-state index in [-0.39, 0.29) is 0 Å². The molecule has 1 unspecified atom stereocenters. The van der Waals surface area contributed by atoms with Crippen molar-refractivity contribution in [2.45, 2.75) is 25.3 Å². The third-order valence-corrected chi connectivity index (χ3v) is 4.29. The lowest BCUT2D eigenvalue weighted by Crippen LogP contribution is -2.46. The highest BCUT2D eigenvalue weighted by Gasteiger charge is 2.31. The Kier molecular flexibility index (Phi) is 3.71. The third-order valence-electron chi connectivity index (χ3n) is 4.07. The molecule has 0 amide bonds. The SMILES string of the molecule is OB(O)c1cc(Cl)cc2c1N(C1CCNC1)CCC2. The number of nitrogens with zero attached hydrogens (tertiary/aromatic N) is 1. The van der Waals surface area contributed by atoms with E-state index in [0.717, 1.165) is 50.1 Å². The van der Waals surface area contributed by atoms with Gasteiger partial charge in [0.1, 0.15) is 0 Å². The van der Waals surface area contributed by atoms with Gasteiger partial charge in [0, 0.05) is 35.3 Å². The summed E-state index contributed by atoms with van der Waals surface area (Å²) in [4.78, 5) is 2.32. The van der Waals surface area contributed by atoms with Gasteiger partial charge in [0.2, 0.25) is 0 Å². The number of aryl methyl sites for hydroxylation is 1. The Morgan fingerprint density at radius 2 is 2.21 bits per heavy atom. The molecule has 0 saturated carbocycles. The molecule has 0 aliphatic carbocycles. The van der Waals surface area contributed by atoms with Gasteiger partial charge in [-0.05, 0) is 43.5 Å². The molecular weight excluding hydrogens is 262 g/mol. The minimum atomic E-state index is -1.47. The van der Waals surface area contributed by atoms with Crippen LogP contribution in [0.2, 0.25) is 5.02 Å². The van der Waals surface area contributed by atoms with Crippen molar-refractivity contribution >= 4 is 29.9 Å². The highest BCUT2D eigenvalue weighted by atomic mass is 35.5. The van der Waals surface area contributed by atoms with Crippen molar-refractivity contribution in [3.63, 3.8) is 0 Å². The maximum atomic E-state index is 9.62. The Labute approximate surface area is 118 Å². The van der Waals surface area contributed by atoms with Crippen LogP contribution < -0.4 is 15.7 Å². The van der Waals surface area contributed by atoms with Crippen molar-refractivity contribution in [1.29, 1.82) is 0 Å². The molecule has 6 heteroatoms. The van der Waals surface area contributed by atoms with Crippen molar-refractivity contribution in [2.75, 3.05) is 24.5 Å². The van der Waals surface area contributed by atoms with E-state index in [4.69, 9.17) is 11.6 Å². The molecule has 0 bridgehead atoms. The summed E-state index contributed by atoms with van der Waals surface area (Å²) in [5.74, 6) is 0. The fourth-order valence-electron chi connectivity index (χ4n) is 3.24. The Hall–Kier alpha value is -0.745. The molecule has 4 nitrogen and oxygen atoms in total. The Bertz CT molecular complexity index is 478. The number of halogens is 1. The van der Waals surface area contributed by atoms with E-state index in [0.29, 0.717) is 16.5 Å². The number of nitrogens with one attached hydrogen (secondary N) is 1. The molecule has 2 aliphatic rings. The highest BCUT2D eigenvalue weighted by molar-refractivity contribution is 6.61. The highest BCUT2D eigenvalue weighted by Crippen LogP contribution is 2.31.